The van der Waals surface area contributed by atoms with Gasteiger partial charge in [0, 0.05) is 13.2 Å². The van der Waals surface area contributed by atoms with E-state index in [1.54, 1.807) is 23.3 Å². The highest BCUT2D eigenvalue weighted by molar-refractivity contribution is 5.94. The SMILES string of the molecule is O=C(NCc1ccco1)[C@H]1C[C@H]2OCC[C@H]2N(C(=O)c2ccnnc2)C1. The van der Waals surface area contributed by atoms with Gasteiger partial charge in [0.1, 0.15) is 5.76 Å². The van der Waals surface area contributed by atoms with E-state index < -0.39 is 0 Å². The lowest BCUT2D eigenvalue weighted by Crippen LogP contribution is -2.55. The molecule has 4 heterocycles. The number of carbonyl (C=O) groups excluding carboxylic acids is 2. The van der Waals surface area contributed by atoms with E-state index in [0.29, 0.717) is 37.4 Å². The number of amides is 2. The zero-order valence-corrected chi connectivity index (χ0v) is 14.2. The molecule has 26 heavy (non-hydrogen) atoms. The highest BCUT2D eigenvalue weighted by Crippen LogP contribution is 2.32. The van der Waals surface area contributed by atoms with Gasteiger partial charge in [-0.3, -0.25) is 9.59 Å². The first-order valence-corrected chi connectivity index (χ1v) is 8.72. The molecule has 2 aromatic heterocycles. The molecule has 2 aromatic rings. The minimum atomic E-state index is -0.317. The summed E-state index contributed by atoms with van der Waals surface area (Å²) in [6, 6.07) is 5.23. The standard InChI is InChI=1S/C18H20N4O4/c23-17(19-10-14-2-1-6-25-14)13-8-16-15(4-7-26-16)22(11-13)18(24)12-3-5-20-21-9-12/h1-3,5-6,9,13,15-16H,4,7-8,10-11H2,(H,19,23)/t13-,15+,16+/m0/s1. The second kappa shape index (κ2) is 7.25. The Morgan fingerprint density at radius 3 is 3.00 bits per heavy atom. The largest absolute Gasteiger partial charge is 0.467 e. The van der Waals surface area contributed by atoms with Crippen LogP contribution in [0, 0.1) is 5.92 Å². The van der Waals surface area contributed by atoms with Gasteiger partial charge in [-0.15, -0.1) is 0 Å². The molecule has 8 nitrogen and oxygen atoms in total. The maximum atomic E-state index is 12.9. The summed E-state index contributed by atoms with van der Waals surface area (Å²) in [7, 11) is 0. The molecule has 0 aliphatic carbocycles. The molecule has 2 fully saturated rings. The van der Waals surface area contributed by atoms with Crippen molar-refractivity contribution in [3.8, 4) is 0 Å². The van der Waals surface area contributed by atoms with E-state index in [1.165, 1.54) is 12.4 Å². The molecule has 0 bridgehead atoms. The van der Waals surface area contributed by atoms with Crippen LogP contribution in [0.3, 0.4) is 0 Å². The maximum Gasteiger partial charge on any atom is 0.255 e. The fourth-order valence-corrected chi connectivity index (χ4v) is 3.68. The first-order valence-electron chi connectivity index (χ1n) is 8.72. The predicted octanol–water partition coefficient (Wildman–Crippen LogP) is 1.01. The number of hydrogen-bond donors (Lipinski definition) is 1. The summed E-state index contributed by atoms with van der Waals surface area (Å²) in [6.45, 7) is 1.31. The first kappa shape index (κ1) is 16.7. The molecule has 2 aliphatic rings. The highest BCUT2D eigenvalue weighted by atomic mass is 16.5. The van der Waals surface area contributed by atoms with Crippen LogP contribution in [-0.2, 0) is 16.1 Å². The van der Waals surface area contributed by atoms with Crippen LogP contribution in [0.2, 0.25) is 0 Å². The fraction of sp³-hybridized carbons (Fsp3) is 0.444. The molecule has 1 N–H and O–H groups in total. The van der Waals surface area contributed by atoms with Crippen molar-refractivity contribution < 1.29 is 18.7 Å². The van der Waals surface area contributed by atoms with E-state index in [2.05, 4.69) is 15.5 Å². The van der Waals surface area contributed by atoms with Crippen molar-refractivity contribution in [2.45, 2.75) is 31.5 Å². The Morgan fingerprint density at radius 2 is 2.23 bits per heavy atom. The number of likely N-dealkylation sites (tertiary alicyclic amines) is 1. The van der Waals surface area contributed by atoms with Gasteiger partial charge in [0.25, 0.3) is 5.91 Å². The molecule has 2 amide bonds. The predicted molar refractivity (Wildman–Crippen MR) is 89.9 cm³/mol. The number of ether oxygens (including phenoxy) is 1. The molecule has 2 aliphatic heterocycles. The van der Waals surface area contributed by atoms with Gasteiger partial charge in [0.15, 0.2) is 0 Å². The lowest BCUT2D eigenvalue weighted by molar-refractivity contribution is -0.129. The molecular weight excluding hydrogens is 336 g/mol. The van der Waals surface area contributed by atoms with Gasteiger partial charge >= 0.3 is 0 Å². The number of furan rings is 1. The molecule has 0 saturated carbocycles. The summed E-state index contributed by atoms with van der Waals surface area (Å²) in [6.07, 6.45) is 5.81. The Hall–Kier alpha value is -2.74. The van der Waals surface area contributed by atoms with E-state index in [-0.39, 0.29) is 29.9 Å². The van der Waals surface area contributed by atoms with Gasteiger partial charge in [-0.1, -0.05) is 0 Å². The Bertz CT molecular complexity index is 765. The molecule has 8 heteroatoms. The van der Waals surface area contributed by atoms with Crippen LogP contribution >= 0.6 is 0 Å². The summed E-state index contributed by atoms with van der Waals surface area (Å²) in [4.78, 5) is 27.3. The van der Waals surface area contributed by atoms with Crippen LogP contribution in [0.5, 0.6) is 0 Å². The Labute approximate surface area is 150 Å². The Kier molecular flexibility index (Phi) is 4.66. The summed E-state index contributed by atoms with van der Waals surface area (Å²) >= 11 is 0. The average molecular weight is 356 g/mol. The van der Waals surface area contributed by atoms with Crippen molar-refractivity contribution in [2.75, 3.05) is 13.2 Å². The van der Waals surface area contributed by atoms with Gasteiger partial charge in [0.05, 0.1) is 48.8 Å². The third-order valence-corrected chi connectivity index (χ3v) is 4.99. The summed E-state index contributed by atoms with van der Waals surface area (Å²) in [5.74, 6) is 0.146. The molecule has 136 valence electrons. The Balaban J connectivity index is 1.47. The number of fused-ring (bicyclic) bond motifs is 1. The van der Waals surface area contributed by atoms with E-state index >= 15 is 0 Å². The van der Waals surface area contributed by atoms with Gasteiger partial charge in [-0.05, 0) is 31.0 Å². The number of rotatable bonds is 4. The first-order chi connectivity index (χ1) is 12.7. The van der Waals surface area contributed by atoms with Gasteiger partial charge in [0.2, 0.25) is 5.91 Å². The smallest absolute Gasteiger partial charge is 0.255 e. The third kappa shape index (κ3) is 3.32. The van der Waals surface area contributed by atoms with Crippen LogP contribution in [0.25, 0.3) is 0 Å². The number of nitrogens with one attached hydrogen (secondary N) is 1. The van der Waals surface area contributed by atoms with Gasteiger partial charge in [-0.2, -0.15) is 10.2 Å². The lowest BCUT2D eigenvalue weighted by atomic mass is 9.89. The van der Waals surface area contributed by atoms with Crippen LogP contribution in [-0.4, -0.2) is 52.2 Å². The molecule has 4 rings (SSSR count). The molecule has 0 aromatic carbocycles. The second-order valence-corrected chi connectivity index (χ2v) is 6.58. The zero-order chi connectivity index (χ0) is 17.9. The number of piperidine rings is 1. The fourth-order valence-electron chi connectivity index (χ4n) is 3.68. The van der Waals surface area contributed by atoms with Crippen LogP contribution in [0.4, 0.5) is 0 Å². The lowest BCUT2D eigenvalue weighted by Gasteiger charge is -2.40. The van der Waals surface area contributed by atoms with Crippen LogP contribution < -0.4 is 5.32 Å². The van der Waals surface area contributed by atoms with Gasteiger partial charge < -0.3 is 19.4 Å². The second-order valence-electron chi connectivity index (χ2n) is 6.58. The quantitative estimate of drug-likeness (QED) is 0.878. The molecule has 0 radical (unpaired) electrons. The number of nitrogens with zero attached hydrogens (tertiary/aromatic N) is 3. The van der Waals surface area contributed by atoms with E-state index in [4.69, 9.17) is 9.15 Å². The van der Waals surface area contributed by atoms with E-state index in [9.17, 15) is 9.59 Å². The van der Waals surface area contributed by atoms with Crippen molar-refractivity contribution >= 4 is 11.8 Å². The van der Waals surface area contributed by atoms with Crippen molar-refractivity contribution in [2.24, 2.45) is 5.92 Å². The monoisotopic (exact) mass is 356 g/mol. The number of hydrogen-bond acceptors (Lipinski definition) is 6. The summed E-state index contributed by atoms with van der Waals surface area (Å²) in [5, 5.41) is 10.4. The minimum absolute atomic E-state index is 0.00443. The minimum Gasteiger partial charge on any atom is -0.467 e. The van der Waals surface area contributed by atoms with E-state index in [1.807, 2.05) is 6.07 Å². The maximum absolute atomic E-state index is 12.9. The van der Waals surface area contributed by atoms with E-state index in [0.717, 1.165) is 6.42 Å². The molecule has 3 atom stereocenters. The molecule has 0 spiro atoms. The van der Waals surface area contributed by atoms with Crippen molar-refractivity contribution in [3.63, 3.8) is 0 Å². The normalized spacial score (nSPS) is 24.9. The molecule has 0 unspecified atom stereocenters. The summed E-state index contributed by atoms with van der Waals surface area (Å²) < 4.78 is 11.0. The highest BCUT2D eigenvalue weighted by Gasteiger charge is 2.44. The number of carbonyl (C=O) groups is 2. The Morgan fingerprint density at radius 1 is 1.31 bits per heavy atom. The molecule has 2 saturated heterocycles. The summed E-state index contributed by atoms with van der Waals surface area (Å²) in [5.41, 5.74) is 0.474. The van der Waals surface area contributed by atoms with Crippen LogP contribution in [0.15, 0.2) is 41.3 Å². The molecular formula is C18H20N4O4. The topological polar surface area (TPSA) is 97.6 Å². The van der Waals surface area contributed by atoms with Crippen molar-refractivity contribution in [1.29, 1.82) is 0 Å². The van der Waals surface area contributed by atoms with Crippen molar-refractivity contribution in [1.82, 2.24) is 20.4 Å². The zero-order valence-electron chi connectivity index (χ0n) is 14.2. The third-order valence-electron chi connectivity index (χ3n) is 4.99. The van der Waals surface area contributed by atoms with Crippen molar-refractivity contribution in [3.05, 3.63) is 48.2 Å². The average Bonchev–Trinajstić information content (AvgIpc) is 3.37. The van der Waals surface area contributed by atoms with Gasteiger partial charge in [-0.25, -0.2) is 0 Å². The number of aromatic nitrogens is 2. The van der Waals surface area contributed by atoms with Crippen LogP contribution in [0.1, 0.15) is 29.0 Å².